The van der Waals surface area contributed by atoms with Gasteiger partial charge in [-0.2, -0.15) is 10.5 Å². The first-order valence-electron chi connectivity index (χ1n) is 55.9. The molecule has 0 unspecified atom stereocenters. The molecule has 1 spiro atoms. The molecule has 1 amide bonds. The van der Waals surface area contributed by atoms with Crippen LogP contribution in [0.2, 0.25) is 0 Å². The molecular weight excluding hydrogens is 1880 g/mol. The van der Waals surface area contributed by atoms with Gasteiger partial charge in [0.2, 0.25) is 5.91 Å². The zero-order valence-corrected chi connectivity index (χ0v) is 94.0. The highest BCUT2D eigenvalue weighted by Gasteiger charge is 2.40. The number of piperazine rings is 1. The van der Waals surface area contributed by atoms with Gasteiger partial charge in [-0.1, -0.05) is 48.2 Å². The average molecular weight is 2080 g/mol. The molecule has 16 saturated heterocycles. The fraction of sp³-hybridized carbons (Fsp3) is 0.829. The summed E-state index contributed by atoms with van der Waals surface area (Å²) >= 11 is 5.86. The zero-order valence-electron chi connectivity index (χ0n) is 93.2. The molecule has 146 heavy (non-hydrogen) atoms. The smallest absolute Gasteiger partial charge is 0.250 e. The minimum Gasteiger partial charge on any atom is -0.384 e. The molecule has 834 valence electrons. The number of ether oxygens (including phenoxy) is 3. The average Bonchev–Trinajstić information content (AvgIpc) is 1.69. The monoisotopic (exact) mass is 2080 g/mol. The lowest BCUT2D eigenvalue weighted by Crippen LogP contribution is -2.49. The summed E-state index contributed by atoms with van der Waals surface area (Å²) in [6.45, 7) is 41.6. The molecule has 30 nitrogen and oxygen atoms in total. The van der Waals surface area contributed by atoms with Gasteiger partial charge in [0.25, 0.3) is 5.92 Å². The number of H-pyrrole nitrogens is 2. The van der Waals surface area contributed by atoms with Gasteiger partial charge in [0.05, 0.1) is 25.6 Å². The number of halogens is 5. The van der Waals surface area contributed by atoms with Gasteiger partial charge in [-0.25, -0.2) is 22.5 Å². The first-order valence-corrected chi connectivity index (χ1v) is 56.3. The van der Waals surface area contributed by atoms with Crippen molar-refractivity contribution in [2.24, 2.45) is 35.5 Å². The number of methoxy groups -OCH3 is 1. The molecule has 16 fully saturated rings. The second-order valence-corrected chi connectivity index (χ2v) is 45.0. The summed E-state index contributed by atoms with van der Waals surface area (Å²) in [6, 6.07) is 12.9. The number of carbonyl (C=O) groups is 4. The minimum atomic E-state index is -2.38. The number of piperidine rings is 13. The Labute approximate surface area is 883 Å². The van der Waals surface area contributed by atoms with E-state index in [-0.39, 0.29) is 36.2 Å². The van der Waals surface area contributed by atoms with Crippen LogP contribution in [0.1, 0.15) is 227 Å². The van der Waals surface area contributed by atoms with Crippen molar-refractivity contribution in [3.63, 3.8) is 0 Å². The van der Waals surface area contributed by atoms with Crippen LogP contribution in [0.3, 0.4) is 0 Å². The minimum absolute atomic E-state index is 0.0312. The number of benzene rings is 1. The van der Waals surface area contributed by atoms with Gasteiger partial charge >= 0.3 is 0 Å². The molecule has 0 aliphatic carbocycles. The van der Waals surface area contributed by atoms with E-state index in [0.29, 0.717) is 72.0 Å². The fourth-order valence-corrected chi connectivity index (χ4v) is 21.1. The van der Waals surface area contributed by atoms with Crippen molar-refractivity contribution >= 4 is 34.9 Å². The Balaban J connectivity index is 0.000000215. The van der Waals surface area contributed by atoms with Crippen LogP contribution in [0, 0.1) is 46.8 Å². The van der Waals surface area contributed by atoms with Gasteiger partial charge in [0, 0.05) is 182 Å². The van der Waals surface area contributed by atoms with Crippen LogP contribution >= 0.6 is 11.6 Å². The van der Waals surface area contributed by atoms with Crippen molar-refractivity contribution in [3.8, 4) is 6.07 Å². The third-order valence-electron chi connectivity index (χ3n) is 31.9. The molecule has 35 heteroatoms. The van der Waals surface area contributed by atoms with Gasteiger partial charge in [-0.15, -0.1) is 21.8 Å². The molecule has 0 atom stereocenters. The molecular formula is C111H198ClF4N23O7. The summed E-state index contributed by atoms with van der Waals surface area (Å²) in [5, 5.41) is 26.3. The number of nitrogens with zero attached hydrogens (tertiary/aromatic N) is 20. The highest BCUT2D eigenvalue weighted by Crippen LogP contribution is 2.33. The quantitative estimate of drug-likeness (QED) is 0.0621. The lowest BCUT2D eigenvalue weighted by atomic mass is 9.89. The lowest BCUT2D eigenvalue weighted by Gasteiger charge is -2.35. The number of rotatable bonds is 13. The van der Waals surface area contributed by atoms with E-state index >= 15 is 0 Å². The lowest BCUT2D eigenvalue weighted by molar-refractivity contribution is -0.183. The zero-order chi connectivity index (χ0) is 106. The van der Waals surface area contributed by atoms with Crippen molar-refractivity contribution in [1.29, 1.82) is 5.26 Å². The van der Waals surface area contributed by atoms with Crippen LogP contribution in [-0.4, -0.2) is 485 Å². The molecule has 2 aromatic heterocycles. The normalized spacial score (nSPS) is 24.2. The van der Waals surface area contributed by atoms with Gasteiger partial charge < -0.3 is 98.0 Å². The van der Waals surface area contributed by atoms with Crippen LogP contribution in [0.5, 0.6) is 0 Å². The molecule has 18 heterocycles. The van der Waals surface area contributed by atoms with E-state index in [9.17, 15) is 36.7 Å². The van der Waals surface area contributed by atoms with E-state index in [0.717, 1.165) is 290 Å². The second-order valence-electron chi connectivity index (χ2n) is 44.4. The number of aromatic amines is 2. The van der Waals surface area contributed by atoms with E-state index in [1.54, 1.807) is 26.4 Å². The molecule has 0 bridgehead atoms. The maximum absolute atomic E-state index is 12.4. The Morgan fingerprint density at radius 3 is 1.32 bits per heavy atom. The van der Waals surface area contributed by atoms with Crippen molar-refractivity contribution in [2.75, 3.05) is 328 Å². The Morgan fingerprint density at radius 2 is 0.911 bits per heavy atom. The van der Waals surface area contributed by atoms with E-state index in [1.807, 2.05) is 60.4 Å². The number of hydrogen-bond acceptors (Lipinski definition) is 27. The Hall–Kier alpha value is -5.76. The van der Waals surface area contributed by atoms with Gasteiger partial charge in [0.1, 0.15) is 23.6 Å². The first-order chi connectivity index (χ1) is 70.0. The van der Waals surface area contributed by atoms with E-state index in [1.165, 1.54) is 129 Å². The topological polar surface area (TPSA) is 264 Å². The van der Waals surface area contributed by atoms with Gasteiger partial charge in [-0.3, -0.25) is 19.2 Å². The molecule has 0 saturated carbocycles. The molecule has 3 aromatic rings. The molecule has 1 aromatic carbocycles. The third-order valence-corrected chi connectivity index (χ3v) is 32.4. The fourth-order valence-electron chi connectivity index (χ4n) is 20.9. The van der Waals surface area contributed by atoms with Crippen molar-refractivity contribution in [3.05, 3.63) is 84.5 Å². The number of likely N-dealkylation sites (tertiary alicyclic amines) is 14. The number of hydrogen-bond donors (Lipinski definition) is 3. The number of tetrazole rings is 1. The number of imidazole rings is 1. The van der Waals surface area contributed by atoms with Crippen molar-refractivity contribution in [1.82, 2.24) is 109 Å². The summed E-state index contributed by atoms with van der Waals surface area (Å²) in [7, 11) is 29.2. The Kier molecular flexibility index (Phi) is 62.7. The third kappa shape index (κ3) is 53.2. The van der Waals surface area contributed by atoms with Crippen LogP contribution in [0.25, 0.3) is 0 Å². The summed E-state index contributed by atoms with van der Waals surface area (Å²) in [6.07, 6.45) is 35.6. The molecule has 16 aliphatic rings. The number of Topliss-reactive ketones (excluding diaryl/α,β-unsaturated/α-hetero) is 3. The Bertz CT molecular complexity index is 3810. The number of carbonyl (C=O) groups excluding carboxylic acids is 4. The number of nitrogens with one attached hydrogen (secondary N) is 3. The molecule has 0 radical (unpaired) electrons. The van der Waals surface area contributed by atoms with E-state index in [2.05, 4.69) is 190 Å². The SMILES string of the molecule is C=C(F)/C=C\CC(=O)C1CCN(C)CC1.CC(=O)C1CCN(C)CC1.CN1CCC(C#N)CC1.CN1CCC(C(=O)N2CCNCC2)CC1.CN1CCC(C(=O)c2ccccc2)CC1.CN1CCC(Cl)CC1.CN1CCC(F)(F)CC1.CN1CCC(F)CC1.CN1CCC(N2CCCC2)CC1.CN1CCC(c2cnc[nH]2)CC1.CN1CCC(c2nn[nH]n2)CC1.CN1CCC2(CC1)OCCO2.COCC1CCN(C)CC1. The summed E-state index contributed by atoms with van der Waals surface area (Å²) in [4.78, 5) is 88.4. The predicted molar refractivity (Wildman–Crippen MR) is 583 cm³/mol. The van der Waals surface area contributed by atoms with Crippen LogP contribution in [0.4, 0.5) is 17.6 Å². The van der Waals surface area contributed by atoms with Crippen molar-refractivity contribution < 1.29 is 51.0 Å². The highest BCUT2D eigenvalue weighted by atomic mass is 35.5. The van der Waals surface area contributed by atoms with Gasteiger partial charge in [-0.05, 0) is 409 Å². The largest absolute Gasteiger partial charge is 0.384 e. The van der Waals surface area contributed by atoms with E-state index < -0.39 is 17.9 Å². The maximum atomic E-state index is 12.4. The summed E-state index contributed by atoms with van der Waals surface area (Å²) in [5.74, 6) is 2.55. The number of amides is 1. The number of aromatic nitrogens is 6. The Morgan fingerprint density at radius 1 is 0.507 bits per heavy atom. The predicted octanol–water partition coefficient (Wildman–Crippen LogP) is 13.6. The molecule has 16 aliphatic heterocycles. The number of ketones is 3. The van der Waals surface area contributed by atoms with Crippen molar-refractivity contribution in [2.45, 2.75) is 234 Å². The second kappa shape index (κ2) is 72.0. The first kappa shape index (κ1) is 127. The highest BCUT2D eigenvalue weighted by molar-refractivity contribution is 6.20. The molecule has 3 N–H and O–H groups in total. The standard InChI is InChI=1S/C13H17NO.C12H18FNO.C11H21N3O.C10H20N2.C9H15N3.C8H15NO2.C8H17NO.C8H15NO.C7H13N5.C7H12N2.C6H12ClN.C6H11F2N.C6H12FN/c1-14-9-7-12(8-10-14)13(15)11-5-3-2-4-6-11;1-10(13)4-3-5-12(15)11-6-8-14(2)9-7-11;1-13-6-2-10(3-7-13)11(15)14-8-4-12-5-9-14;1-11-8-4-10(5-9-11)12-6-2-3-7-12;1-12-4-2-8(3-5-12)9-6-10-7-11-9;1-9-4-2-8(3-5-9)10-6-7-11-8;1-9-5-3-8(4-6-9)7-10-2;1-7(10)8-3-5-9(2)6-4-8;1-12-4-2-6(3-5-12)7-8-10-11-9-7;1-9-4-2-7(6-8)3-5-9;1-8-4-2-6(7)3-5-8;1-9-4-2-6(7,8)3-5-9;1-8-4-2-6(7)3-5-8/h2-6,12H,7-10H2,1H3;3-4,11H,1,5-9H2,2H3;10,12H,2-9H2,1H3;10H,2-9H2,1H3;6-8H,2-5H2,1H3,(H,10,11);2-7H2,1H3;8H,3-7H2,1-2H3;8H,3-6H2,1-2H3;6H,2-5H2,1H3,(H,8,9,10,11);7H,2-5H2,1H3;6H,2-5H2,1H3;2-5H2,1H3;6H,2-5H2,1H3/b;4-3-;;;;;;;;;;;. The summed E-state index contributed by atoms with van der Waals surface area (Å²) < 4.78 is 65.5. The van der Waals surface area contributed by atoms with E-state index in [4.69, 9.17) is 31.1 Å². The summed E-state index contributed by atoms with van der Waals surface area (Å²) in [5.41, 5.74) is 2.18. The molecule has 19 rings (SSSR count). The van der Waals surface area contributed by atoms with Crippen LogP contribution in [0.15, 0.2) is 67.4 Å². The number of allylic oxidation sites excluding steroid dienone is 3. The van der Waals surface area contributed by atoms with Gasteiger partial charge in [0.15, 0.2) is 17.4 Å². The number of alkyl halides is 4. The number of nitriles is 1. The van der Waals surface area contributed by atoms with Crippen LogP contribution in [-0.2, 0) is 28.6 Å². The van der Waals surface area contributed by atoms with Crippen LogP contribution < -0.4 is 5.32 Å². The maximum Gasteiger partial charge on any atom is 0.250 e.